The van der Waals surface area contributed by atoms with Crippen LogP contribution in [-0.4, -0.2) is 32.1 Å². The summed E-state index contributed by atoms with van der Waals surface area (Å²) in [5.41, 5.74) is -0.0143. The van der Waals surface area contributed by atoms with Gasteiger partial charge in [-0.2, -0.15) is 9.97 Å². The molecular formula is C21H14N4O7. The second-order valence-electron chi connectivity index (χ2n) is 7.00. The van der Waals surface area contributed by atoms with Crippen molar-refractivity contribution in [2.45, 2.75) is 24.9 Å². The summed E-state index contributed by atoms with van der Waals surface area (Å²) in [6.45, 7) is 0.0926. The summed E-state index contributed by atoms with van der Waals surface area (Å²) in [7, 11) is 0. The van der Waals surface area contributed by atoms with Crippen LogP contribution in [0.15, 0.2) is 50.0 Å². The summed E-state index contributed by atoms with van der Waals surface area (Å²) >= 11 is 0. The van der Waals surface area contributed by atoms with E-state index < -0.39 is 17.5 Å². The molecule has 0 unspecified atom stereocenters. The van der Waals surface area contributed by atoms with Gasteiger partial charge in [0.1, 0.15) is 12.0 Å². The molecule has 0 saturated heterocycles. The minimum atomic E-state index is -1.09. The van der Waals surface area contributed by atoms with Crippen LogP contribution in [0.3, 0.4) is 0 Å². The summed E-state index contributed by atoms with van der Waals surface area (Å²) in [5, 5.41) is 11.7. The molecule has 1 fully saturated rings. The Kier molecular flexibility index (Phi) is 4.59. The highest BCUT2D eigenvalue weighted by Gasteiger charge is 2.56. The fourth-order valence-corrected chi connectivity index (χ4v) is 2.93. The molecular weight excluding hydrogens is 420 g/mol. The summed E-state index contributed by atoms with van der Waals surface area (Å²) in [6.07, 6.45) is 1.29. The number of hydrogen-bond acceptors (Lipinski definition) is 9. The molecule has 1 aliphatic carbocycles. The van der Waals surface area contributed by atoms with Gasteiger partial charge < -0.3 is 23.1 Å². The molecule has 3 aromatic heterocycles. The molecule has 5 rings (SSSR count). The fraction of sp³-hybridized carbons (Fsp3) is 0.190. The van der Waals surface area contributed by atoms with Crippen LogP contribution in [0.4, 0.5) is 10.7 Å². The fourth-order valence-electron chi connectivity index (χ4n) is 2.93. The maximum atomic E-state index is 12.0. The van der Waals surface area contributed by atoms with Gasteiger partial charge in [-0.05, 0) is 24.3 Å². The van der Waals surface area contributed by atoms with Crippen LogP contribution in [0.1, 0.15) is 35.9 Å². The Hall–Kier alpha value is -4.59. The van der Waals surface area contributed by atoms with Gasteiger partial charge in [0, 0.05) is 5.92 Å². The van der Waals surface area contributed by atoms with E-state index in [-0.39, 0.29) is 41.4 Å². The van der Waals surface area contributed by atoms with Crippen molar-refractivity contribution in [2.75, 3.05) is 5.32 Å². The van der Waals surface area contributed by atoms with Crippen LogP contribution in [0.25, 0.3) is 11.4 Å². The Labute approximate surface area is 179 Å². The van der Waals surface area contributed by atoms with Crippen LogP contribution in [0, 0.1) is 11.8 Å². The molecule has 4 aromatic rings. The average Bonchev–Trinajstić information content (AvgIpc) is 3.11. The van der Waals surface area contributed by atoms with E-state index in [1.165, 1.54) is 0 Å². The Morgan fingerprint density at radius 1 is 1.12 bits per heavy atom. The van der Waals surface area contributed by atoms with Gasteiger partial charge in [-0.15, -0.1) is 0 Å². The molecule has 0 atom stereocenters. The number of nitrogens with one attached hydrogen (secondary N) is 1. The first-order valence-corrected chi connectivity index (χ1v) is 9.48. The third-order valence-electron chi connectivity index (χ3n) is 4.83. The summed E-state index contributed by atoms with van der Waals surface area (Å²) in [6, 6.07) is 9.20. The molecule has 160 valence electrons. The van der Waals surface area contributed by atoms with E-state index in [2.05, 4.69) is 32.1 Å². The monoisotopic (exact) mass is 434 g/mol. The average molecular weight is 434 g/mol. The van der Waals surface area contributed by atoms with Crippen molar-refractivity contribution in [3.63, 3.8) is 0 Å². The van der Waals surface area contributed by atoms with Gasteiger partial charge in [-0.25, -0.2) is 9.78 Å². The number of rotatable bonds is 5. The maximum absolute atomic E-state index is 12.0. The predicted molar refractivity (Wildman–Crippen MR) is 105 cm³/mol. The lowest BCUT2D eigenvalue weighted by Gasteiger charge is -2.04. The van der Waals surface area contributed by atoms with Crippen molar-refractivity contribution in [3.05, 3.63) is 59.8 Å². The molecule has 1 aromatic carbocycles. The lowest BCUT2D eigenvalue weighted by molar-refractivity contribution is -0.140. The van der Waals surface area contributed by atoms with Crippen LogP contribution in [0.2, 0.25) is 0 Å². The minimum absolute atomic E-state index is 0.00310. The standard InChI is InChI=1S/C21H14N4O7/c26-19(27)21(8-9-21)18-24-17-16(32-18)23-14(31-17)7-6-13-15(30-11-22-13)25-20(28)29-10-12-4-2-1-3-5-12/h1-5,11H,8-10H2,(H,25,28)(H,26,27). The largest absolute Gasteiger partial charge is 0.480 e. The molecule has 1 amide bonds. The molecule has 0 bridgehead atoms. The maximum Gasteiger partial charge on any atom is 0.414 e. The zero-order valence-electron chi connectivity index (χ0n) is 16.3. The second kappa shape index (κ2) is 7.59. The summed E-state index contributed by atoms with van der Waals surface area (Å²) in [5.74, 6) is 4.37. The number of aromatic nitrogens is 3. The highest BCUT2D eigenvalue weighted by molar-refractivity contribution is 5.84. The normalized spacial score (nSPS) is 13.9. The number of aliphatic carboxylic acids is 1. The van der Waals surface area contributed by atoms with Crippen molar-refractivity contribution in [1.82, 2.24) is 15.0 Å². The molecule has 11 heteroatoms. The van der Waals surface area contributed by atoms with Gasteiger partial charge >= 0.3 is 12.1 Å². The number of carbonyl (C=O) groups excluding carboxylic acids is 1. The van der Waals surface area contributed by atoms with Gasteiger partial charge in [0.15, 0.2) is 12.1 Å². The SMILES string of the molecule is O=C(Nc1ocnc1C#Cc1nc2oc(C3(C(=O)O)CC3)nc2o1)OCc1ccccc1. The van der Waals surface area contributed by atoms with Crippen LogP contribution < -0.4 is 5.32 Å². The van der Waals surface area contributed by atoms with Crippen LogP contribution in [0.5, 0.6) is 0 Å². The molecule has 1 aliphatic rings. The number of benzene rings is 1. The van der Waals surface area contributed by atoms with E-state index in [9.17, 15) is 14.7 Å². The number of anilines is 1. The quantitative estimate of drug-likeness (QED) is 0.448. The van der Waals surface area contributed by atoms with E-state index in [1.807, 2.05) is 30.3 Å². The first-order valence-electron chi connectivity index (χ1n) is 9.48. The van der Waals surface area contributed by atoms with Crippen molar-refractivity contribution < 1.29 is 32.7 Å². The molecule has 32 heavy (non-hydrogen) atoms. The zero-order chi connectivity index (χ0) is 22.1. The highest BCUT2D eigenvalue weighted by atomic mass is 16.6. The number of carbonyl (C=O) groups is 2. The van der Waals surface area contributed by atoms with Crippen molar-refractivity contribution in [2.24, 2.45) is 0 Å². The summed E-state index contributed by atoms with van der Waals surface area (Å²) in [4.78, 5) is 35.4. The lowest BCUT2D eigenvalue weighted by Crippen LogP contribution is -2.19. The van der Waals surface area contributed by atoms with Crippen molar-refractivity contribution in [3.8, 4) is 11.8 Å². The third-order valence-corrected chi connectivity index (χ3v) is 4.83. The first-order chi connectivity index (χ1) is 15.5. The van der Waals surface area contributed by atoms with Crippen LogP contribution >= 0.6 is 0 Å². The number of hydrogen-bond donors (Lipinski definition) is 2. The Morgan fingerprint density at radius 2 is 1.91 bits per heavy atom. The van der Waals surface area contributed by atoms with E-state index in [0.717, 1.165) is 12.0 Å². The number of nitrogens with zero attached hydrogens (tertiary/aromatic N) is 3. The molecule has 0 radical (unpaired) electrons. The number of fused-ring (bicyclic) bond motifs is 1. The molecule has 2 N–H and O–H groups in total. The Balaban J connectivity index is 1.26. The molecule has 3 heterocycles. The van der Waals surface area contributed by atoms with Gasteiger partial charge in [0.2, 0.25) is 11.8 Å². The number of amides is 1. The molecule has 0 aliphatic heterocycles. The van der Waals surface area contributed by atoms with Gasteiger partial charge in [-0.3, -0.25) is 10.1 Å². The zero-order valence-corrected chi connectivity index (χ0v) is 16.3. The smallest absolute Gasteiger partial charge is 0.414 e. The number of oxazole rings is 3. The summed E-state index contributed by atoms with van der Waals surface area (Å²) < 4.78 is 21.1. The Morgan fingerprint density at radius 3 is 2.62 bits per heavy atom. The van der Waals surface area contributed by atoms with E-state index >= 15 is 0 Å². The van der Waals surface area contributed by atoms with Gasteiger partial charge in [-0.1, -0.05) is 30.3 Å². The molecule has 11 nitrogen and oxygen atoms in total. The number of carboxylic acid groups (broad SMARTS) is 1. The van der Waals surface area contributed by atoms with Crippen LogP contribution in [-0.2, 0) is 21.6 Å². The Bertz CT molecular complexity index is 1340. The van der Waals surface area contributed by atoms with Gasteiger partial charge in [0.05, 0.1) is 0 Å². The predicted octanol–water partition coefficient (Wildman–Crippen LogP) is 3.07. The number of ether oxygens (including phenoxy) is 1. The molecule has 0 spiro atoms. The third kappa shape index (κ3) is 3.65. The topological polar surface area (TPSA) is 154 Å². The van der Waals surface area contributed by atoms with Crippen molar-refractivity contribution in [1.29, 1.82) is 0 Å². The molecule has 1 saturated carbocycles. The highest BCUT2D eigenvalue weighted by Crippen LogP contribution is 2.48. The second-order valence-corrected chi connectivity index (χ2v) is 7.00. The van der Waals surface area contributed by atoms with E-state index in [4.69, 9.17) is 18.0 Å². The lowest BCUT2D eigenvalue weighted by atomic mass is 10.1. The number of carboxylic acids is 1. The van der Waals surface area contributed by atoms with E-state index in [1.54, 1.807) is 0 Å². The minimum Gasteiger partial charge on any atom is -0.480 e. The van der Waals surface area contributed by atoms with Gasteiger partial charge in [0.25, 0.3) is 17.3 Å². The first kappa shape index (κ1) is 19.4. The van der Waals surface area contributed by atoms with E-state index in [0.29, 0.717) is 12.8 Å². The van der Waals surface area contributed by atoms with Crippen molar-refractivity contribution >= 4 is 29.4 Å².